The van der Waals surface area contributed by atoms with Gasteiger partial charge in [0.2, 0.25) is 0 Å². The Balaban J connectivity index is 3.16. The number of hydrogen-bond acceptors (Lipinski definition) is 5. The van der Waals surface area contributed by atoms with Gasteiger partial charge in [0.25, 0.3) is 0 Å². The molecule has 0 saturated heterocycles. The molecule has 74 valence electrons. The molecule has 0 amide bonds. The van der Waals surface area contributed by atoms with Crippen LogP contribution in [0.5, 0.6) is 0 Å². The Morgan fingerprint density at radius 1 is 1.54 bits per heavy atom. The number of unbranched alkanes of at least 4 members (excludes halogenated alkanes) is 2. The molecule has 0 aliphatic heterocycles. The van der Waals surface area contributed by atoms with E-state index in [1.165, 1.54) is 11.8 Å². The lowest BCUT2D eigenvalue weighted by Crippen LogP contribution is -1.97. The zero-order chi connectivity index (χ0) is 9.94. The first-order valence-electron chi connectivity index (χ1n) is 4.11. The molecule has 0 bridgehead atoms. The van der Waals surface area contributed by atoms with Crippen LogP contribution in [0, 0.1) is 10.7 Å². The van der Waals surface area contributed by atoms with Crippen molar-refractivity contribution in [2.24, 2.45) is 0 Å². The third-order valence-corrected chi connectivity index (χ3v) is 2.48. The van der Waals surface area contributed by atoms with Gasteiger partial charge in [0.05, 0.1) is 0 Å². The lowest BCUT2D eigenvalue weighted by molar-refractivity contribution is 0.195. The number of thioether (sulfide) groups is 2. The highest BCUT2D eigenvalue weighted by Gasteiger charge is 2.02. The van der Waals surface area contributed by atoms with Gasteiger partial charge in [0, 0.05) is 5.75 Å². The third-order valence-electron chi connectivity index (χ3n) is 1.27. The number of rotatable bonds is 6. The highest BCUT2D eigenvalue weighted by atomic mass is 32.2. The normalized spacial score (nSPS) is 9.23. The molecule has 0 saturated carbocycles. The average Bonchev–Trinajstić information content (AvgIpc) is 2.13. The average molecular weight is 219 g/mol. The molecule has 0 aliphatic carbocycles. The fraction of sp³-hybridized carbons (Fsp3) is 0.750. The van der Waals surface area contributed by atoms with E-state index in [1.54, 1.807) is 0 Å². The van der Waals surface area contributed by atoms with Crippen LogP contribution < -0.4 is 0 Å². The summed E-state index contributed by atoms with van der Waals surface area (Å²) < 4.78 is 4.73. The fourth-order valence-electron chi connectivity index (χ4n) is 0.653. The van der Waals surface area contributed by atoms with Crippen molar-refractivity contribution in [2.75, 3.05) is 11.7 Å². The predicted octanol–water partition coefficient (Wildman–Crippen LogP) is 3.22. The molecule has 0 aliphatic rings. The fourth-order valence-corrected chi connectivity index (χ4v) is 1.60. The molecule has 0 aromatic carbocycles. The van der Waals surface area contributed by atoms with Crippen LogP contribution in [0.3, 0.4) is 0 Å². The monoisotopic (exact) mass is 219 g/mol. The molecule has 0 unspecified atom stereocenters. The molecule has 0 N–H and O–H groups in total. The van der Waals surface area contributed by atoms with Gasteiger partial charge in [-0.1, -0.05) is 19.8 Å². The maximum Gasteiger partial charge on any atom is 0.368 e. The number of ether oxygens (including phenoxy) is 1. The summed E-state index contributed by atoms with van der Waals surface area (Å²) in [7, 11) is 0. The molecule has 13 heavy (non-hydrogen) atoms. The zero-order valence-electron chi connectivity index (χ0n) is 7.62. The van der Waals surface area contributed by atoms with Crippen molar-refractivity contribution in [1.29, 1.82) is 5.26 Å². The van der Waals surface area contributed by atoms with Gasteiger partial charge in [0.1, 0.15) is 5.40 Å². The van der Waals surface area contributed by atoms with Crippen molar-refractivity contribution in [3.8, 4) is 5.40 Å². The number of hydrogen-bond donors (Lipinski definition) is 0. The van der Waals surface area contributed by atoms with Crippen molar-refractivity contribution in [3.63, 3.8) is 0 Å². The lowest BCUT2D eigenvalue weighted by Gasteiger charge is -2.00. The third kappa shape index (κ3) is 9.57. The minimum atomic E-state index is -0.279. The highest BCUT2D eigenvalue weighted by molar-refractivity contribution is 8.13. The SMILES string of the molecule is CCCCCSC(=O)OCSC#N. The van der Waals surface area contributed by atoms with Crippen LogP contribution in [0.2, 0.25) is 0 Å². The van der Waals surface area contributed by atoms with Crippen molar-refractivity contribution in [1.82, 2.24) is 0 Å². The van der Waals surface area contributed by atoms with E-state index < -0.39 is 0 Å². The summed E-state index contributed by atoms with van der Waals surface area (Å²) in [4.78, 5) is 10.9. The maximum absolute atomic E-state index is 10.9. The molecule has 0 aromatic rings. The molecular weight excluding hydrogens is 206 g/mol. The van der Waals surface area contributed by atoms with E-state index in [0.717, 1.165) is 36.8 Å². The highest BCUT2D eigenvalue weighted by Crippen LogP contribution is 2.10. The number of thiocyanates is 1. The standard InChI is InChI=1S/C8H13NO2S2/c1-2-3-4-5-13-8(10)11-7-12-6-9/h2-5,7H2,1H3. The van der Waals surface area contributed by atoms with Crippen LogP contribution in [-0.2, 0) is 4.74 Å². The molecule has 0 fully saturated rings. The summed E-state index contributed by atoms with van der Waals surface area (Å²) in [5.74, 6) is 0.944. The second-order valence-corrected chi connectivity index (χ2v) is 4.04. The van der Waals surface area contributed by atoms with Gasteiger partial charge in [-0.25, -0.2) is 4.79 Å². The van der Waals surface area contributed by atoms with Gasteiger partial charge in [0.15, 0.2) is 5.94 Å². The van der Waals surface area contributed by atoms with Crippen molar-refractivity contribution < 1.29 is 9.53 Å². The summed E-state index contributed by atoms with van der Waals surface area (Å²) in [6, 6.07) is 0. The van der Waals surface area contributed by atoms with E-state index in [9.17, 15) is 4.79 Å². The molecule has 0 radical (unpaired) electrons. The van der Waals surface area contributed by atoms with Gasteiger partial charge in [-0.2, -0.15) is 5.26 Å². The molecule has 0 atom stereocenters. The van der Waals surface area contributed by atoms with Gasteiger partial charge in [-0.15, -0.1) is 0 Å². The van der Waals surface area contributed by atoms with E-state index in [1.807, 2.05) is 5.40 Å². The Morgan fingerprint density at radius 2 is 2.31 bits per heavy atom. The van der Waals surface area contributed by atoms with Crippen LogP contribution >= 0.6 is 23.5 Å². The number of nitrogens with zero attached hydrogens (tertiary/aromatic N) is 1. The van der Waals surface area contributed by atoms with Crippen LogP contribution in [-0.4, -0.2) is 17.0 Å². The zero-order valence-corrected chi connectivity index (χ0v) is 9.25. The summed E-state index contributed by atoms with van der Waals surface area (Å²) in [5, 5.41) is 9.69. The van der Waals surface area contributed by atoms with Crippen LogP contribution in [0.1, 0.15) is 26.2 Å². The lowest BCUT2D eigenvalue weighted by atomic mass is 10.3. The minimum absolute atomic E-state index is 0.135. The summed E-state index contributed by atoms with van der Waals surface area (Å²) in [6.45, 7) is 2.12. The van der Waals surface area contributed by atoms with Crippen LogP contribution in [0.4, 0.5) is 4.79 Å². The molecule has 3 nitrogen and oxygen atoms in total. The number of nitriles is 1. The molecular formula is C8H13NO2S2. The van der Waals surface area contributed by atoms with Crippen molar-refractivity contribution >= 4 is 28.8 Å². The topological polar surface area (TPSA) is 50.1 Å². The Labute approximate surface area is 87.2 Å². The Hall–Kier alpha value is -0.340. The van der Waals surface area contributed by atoms with E-state index >= 15 is 0 Å². The van der Waals surface area contributed by atoms with E-state index in [2.05, 4.69) is 6.92 Å². The summed E-state index contributed by atoms with van der Waals surface area (Å²) in [5.41, 5.74) is 0. The predicted molar refractivity (Wildman–Crippen MR) is 56.5 cm³/mol. The van der Waals surface area contributed by atoms with Crippen LogP contribution in [0.25, 0.3) is 0 Å². The molecule has 0 spiro atoms. The number of carbonyl (C=O) groups is 1. The van der Waals surface area contributed by atoms with Crippen molar-refractivity contribution in [2.45, 2.75) is 26.2 Å². The minimum Gasteiger partial charge on any atom is -0.445 e. The second kappa shape index (κ2) is 9.75. The molecule has 0 aromatic heterocycles. The first-order valence-corrected chi connectivity index (χ1v) is 6.08. The second-order valence-electron chi connectivity index (χ2n) is 2.30. The smallest absolute Gasteiger partial charge is 0.368 e. The summed E-state index contributed by atoms with van der Waals surface area (Å²) >= 11 is 2.11. The first-order chi connectivity index (χ1) is 6.31. The first kappa shape index (κ1) is 12.7. The Bertz CT molecular complexity index is 179. The van der Waals surface area contributed by atoms with Gasteiger partial charge in [-0.3, -0.25) is 0 Å². The molecule has 0 rings (SSSR count). The van der Waals surface area contributed by atoms with Gasteiger partial charge in [-0.05, 0) is 29.9 Å². The van der Waals surface area contributed by atoms with Gasteiger partial charge < -0.3 is 4.74 Å². The van der Waals surface area contributed by atoms with E-state index in [4.69, 9.17) is 10.00 Å². The quantitative estimate of drug-likeness (QED) is 0.297. The van der Waals surface area contributed by atoms with Gasteiger partial charge >= 0.3 is 5.30 Å². The molecule has 0 heterocycles. The summed E-state index contributed by atoms with van der Waals surface area (Å²) in [6.07, 6.45) is 3.34. The van der Waals surface area contributed by atoms with Crippen LogP contribution in [0.15, 0.2) is 0 Å². The van der Waals surface area contributed by atoms with E-state index in [0.29, 0.717) is 0 Å². The number of carbonyl (C=O) groups excluding carboxylic acids is 1. The van der Waals surface area contributed by atoms with Crippen molar-refractivity contribution in [3.05, 3.63) is 0 Å². The Kier molecular flexibility index (Phi) is 9.49. The molecule has 5 heteroatoms. The Morgan fingerprint density at radius 3 is 2.92 bits per heavy atom. The largest absolute Gasteiger partial charge is 0.445 e. The van der Waals surface area contributed by atoms with E-state index in [-0.39, 0.29) is 11.2 Å². The maximum atomic E-state index is 10.9.